The number of aromatic nitrogens is 2. The number of fused-ring (bicyclic) bond motifs is 1. The number of benzene rings is 1. The lowest BCUT2D eigenvalue weighted by molar-refractivity contribution is 0.0188. The number of rotatable bonds is 4. The average molecular weight is 488 g/mol. The molecule has 188 valence electrons. The van der Waals surface area contributed by atoms with Crippen molar-refractivity contribution < 1.29 is 9.53 Å². The molecule has 2 aliphatic rings. The highest BCUT2D eigenvalue weighted by Gasteiger charge is 2.30. The number of H-pyrrole nitrogens is 1. The highest BCUT2D eigenvalue weighted by atomic mass is 16.6. The quantitative estimate of drug-likeness (QED) is 0.559. The Balaban J connectivity index is 1.47. The summed E-state index contributed by atoms with van der Waals surface area (Å²) in [5, 5.41) is 34.7. The van der Waals surface area contributed by atoms with Gasteiger partial charge in [-0.1, -0.05) is 6.07 Å². The highest BCUT2D eigenvalue weighted by molar-refractivity contribution is 5.90. The molecule has 1 saturated heterocycles. The van der Waals surface area contributed by atoms with Crippen LogP contribution < -0.4 is 10.6 Å². The largest absolute Gasteiger partial charge is 0.444 e. The van der Waals surface area contributed by atoms with Crippen molar-refractivity contribution in [2.75, 3.05) is 25.0 Å². The van der Waals surface area contributed by atoms with Crippen molar-refractivity contribution >= 4 is 22.8 Å². The molecule has 9 heteroatoms. The van der Waals surface area contributed by atoms with Crippen LogP contribution in [0.3, 0.4) is 0 Å². The van der Waals surface area contributed by atoms with E-state index in [-0.39, 0.29) is 6.09 Å². The van der Waals surface area contributed by atoms with Crippen molar-refractivity contribution in [3.8, 4) is 12.1 Å². The molecule has 1 aromatic carbocycles. The van der Waals surface area contributed by atoms with E-state index < -0.39 is 11.5 Å². The number of aromatic amines is 1. The third-order valence-electron chi connectivity index (χ3n) is 6.75. The number of nitrogens with one attached hydrogen (secondary N) is 3. The minimum Gasteiger partial charge on any atom is -0.444 e. The van der Waals surface area contributed by atoms with Crippen molar-refractivity contribution in [2.45, 2.75) is 59.0 Å². The van der Waals surface area contributed by atoms with E-state index in [0.717, 1.165) is 53.1 Å². The van der Waals surface area contributed by atoms with Crippen LogP contribution >= 0.6 is 0 Å². The van der Waals surface area contributed by atoms with Crippen LogP contribution in [-0.4, -0.2) is 46.4 Å². The number of carbonyl (C=O) groups is 1. The monoisotopic (exact) mass is 487 g/mol. The third kappa shape index (κ3) is 5.16. The van der Waals surface area contributed by atoms with E-state index in [1.54, 1.807) is 4.90 Å². The molecule has 4 rings (SSSR count). The van der Waals surface area contributed by atoms with Crippen LogP contribution in [0.4, 0.5) is 10.6 Å². The minimum absolute atomic E-state index is 0.250. The normalized spacial score (nSPS) is 17.6. The fourth-order valence-electron chi connectivity index (χ4n) is 4.86. The topological polar surface area (TPSA) is 130 Å². The molecule has 2 aliphatic heterocycles. The van der Waals surface area contributed by atoms with Crippen LogP contribution in [0.1, 0.15) is 58.9 Å². The molecule has 1 amide bonds. The van der Waals surface area contributed by atoms with Crippen molar-refractivity contribution in [3.63, 3.8) is 0 Å². The van der Waals surface area contributed by atoms with Gasteiger partial charge in [0, 0.05) is 36.4 Å². The molecule has 3 heterocycles. The summed E-state index contributed by atoms with van der Waals surface area (Å²) in [5.74, 6) is 0.744. The Morgan fingerprint density at radius 1 is 1.17 bits per heavy atom. The van der Waals surface area contributed by atoms with Crippen molar-refractivity contribution in [1.82, 2.24) is 20.4 Å². The number of anilines is 1. The third-order valence-corrected chi connectivity index (χ3v) is 6.75. The summed E-state index contributed by atoms with van der Waals surface area (Å²) in [5.41, 5.74) is 3.90. The summed E-state index contributed by atoms with van der Waals surface area (Å²) < 4.78 is 5.49. The Labute approximate surface area is 211 Å². The number of dihydropyridines is 1. The molecule has 3 N–H and O–H groups in total. The first kappa shape index (κ1) is 25.1. The lowest BCUT2D eigenvalue weighted by atomic mass is 9.81. The van der Waals surface area contributed by atoms with Gasteiger partial charge in [-0.3, -0.25) is 5.10 Å². The van der Waals surface area contributed by atoms with Gasteiger partial charge in [0.05, 0.1) is 34.7 Å². The maximum Gasteiger partial charge on any atom is 0.410 e. The van der Waals surface area contributed by atoms with Gasteiger partial charge >= 0.3 is 6.09 Å². The first-order valence-electron chi connectivity index (χ1n) is 12.3. The summed E-state index contributed by atoms with van der Waals surface area (Å²) in [6.45, 7) is 11.4. The van der Waals surface area contributed by atoms with Crippen molar-refractivity contribution in [1.29, 1.82) is 10.5 Å². The van der Waals surface area contributed by atoms with Crippen LogP contribution in [0.15, 0.2) is 40.7 Å². The van der Waals surface area contributed by atoms with Crippen LogP contribution in [0.5, 0.6) is 0 Å². The smallest absolute Gasteiger partial charge is 0.410 e. The second-order valence-electron chi connectivity index (χ2n) is 10.5. The Bertz CT molecular complexity index is 1270. The van der Waals surface area contributed by atoms with Crippen LogP contribution in [-0.2, 0) is 4.74 Å². The molecule has 9 nitrogen and oxygen atoms in total. The van der Waals surface area contributed by atoms with E-state index in [0.29, 0.717) is 30.2 Å². The van der Waals surface area contributed by atoms with Gasteiger partial charge < -0.3 is 20.3 Å². The van der Waals surface area contributed by atoms with Crippen LogP contribution in [0, 0.1) is 28.6 Å². The van der Waals surface area contributed by atoms with Gasteiger partial charge in [0.15, 0.2) is 5.82 Å². The number of hydrogen-bond acceptors (Lipinski definition) is 7. The van der Waals surface area contributed by atoms with Gasteiger partial charge in [-0.2, -0.15) is 15.6 Å². The molecular weight excluding hydrogens is 454 g/mol. The molecule has 0 bridgehead atoms. The number of nitrogens with zero attached hydrogens (tertiary/aromatic N) is 4. The van der Waals surface area contributed by atoms with Crippen molar-refractivity contribution in [3.05, 3.63) is 46.3 Å². The molecular formula is C27H33N7O2. The number of hydrogen-bond donors (Lipinski definition) is 3. The predicted octanol–water partition coefficient (Wildman–Crippen LogP) is 4.90. The number of piperidine rings is 1. The van der Waals surface area contributed by atoms with Gasteiger partial charge in [-0.05, 0) is 71.1 Å². The van der Waals surface area contributed by atoms with E-state index >= 15 is 0 Å². The van der Waals surface area contributed by atoms with Crippen LogP contribution in [0.2, 0.25) is 0 Å². The van der Waals surface area contributed by atoms with Crippen molar-refractivity contribution in [2.24, 2.45) is 5.92 Å². The maximum atomic E-state index is 12.3. The second kappa shape index (κ2) is 9.94. The Kier molecular flexibility index (Phi) is 6.94. The number of allylic oxidation sites excluding steroid dienone is 4. The fraction of sp³-hybridized carbons (Fsp3) is 0.481. The highest BCUT2D eigenvalue weighted by Crippen LogP contribution is 2.38. The van der Waals surface area contributed by atoms with Gasteiger partial charge in [-0.25, -0.2) is 4.79 Å². The van der Waals surface area contributed by atoms with E-state index in [1.165, 1.54) is 0 Å². The average Bonchev–Trinajstić information content (AvgIpc) is 3.23. The Morgan fingerprint density at radius 2 is 1.81 bits per heavy atom. The molecule has 0 aliphatic carbocycles. The van der Waals surface area contributed by atoms with E-state index in [4.69, 9.17) is 4.74 Å². The molecule has 2 aromatic rings. The van der Waals surface area contributed by atoms with Gasteiger partial charge in [0.1, 0.15) is 5.60 Å². The summed E-state index contributed by atoms with van der Waals surface area (Å²) in [7, 11) is 0. The zero-order valence-electron chi connectivity index (χ0n) is 21.5. The minimum atomic E-state index is -0.492. The van der Waals surface area contributed by atoms with E-state index in [1.807, 2.05) is 52.8 Å². The van der Waals surface area contributed by atoms with Gasteiger partial charge in [-0.15, -0.1) is 0 Å². The first-order valence-corrected chi connectivity index (χ1v) is 12.3. The molecule has 0 unspecified atom stereocenters. The van der Waals surface area contributed by atoms with Gasteiger partial charge in [0.2, 0.25) is 0 Å². The molecule has 36 heavy (non-hydrogen) atoms. The number of nitriles is 2. The molecule has 0 atom stereocenters. The summed E-state index contributed by atoms with van der Waals surface area (Å²) in [4.78, 5) is 14.1. The Hall–Kier alpha value is -3.98. The second-order valence-corrected chi connectivity index (χ2v) is 10.5. The van der Waals surface area contributed by atoms with Crippen LogP contribution in [0.25, 0.3) is 10.9 Å². The zero-order valence-corrected chi connectivity index (χ0v) is 21.5. The van der Waals surface area contributed by atoms with Gasteiger partial charge in [0.25, 0.3) is 0 Å². The SMILES string of the molecule is CC1=C(C#N)C(c2ccc3[nH]nc(NCC4CCN(C(=O)OC(C)(C)C)CC4)c3c2)C(C#N)=C(C)N1. The lowest BCUT2D eigenvalue weighted by Gasteiger charge is -2.33. The Morgan fingerprint density at radius 3 is 2.39 bits per heavy atom. The molecule has 1 aromatic heterocycles. The van der Waals surface area contributed by atoms with E-state index in [9.17, 15) is 15.3 Å². The number of carbonyl (C=O) groups excluding carboxylic acids is 1. The summed E-state index contributed by atoms with van der Waals surface area (Å²) in [6.07, 6.45) is 1.53. The summed E-state index contributed by atoms with van der Waals surface area (Å²) in [6, 6.07) is 10.5. The molecule has 0 spiro atoms. The standard InChI is InChI=1S/C27H33N7O2/c1-16-21(13-28)24(22(14-29)17(2)31-16)19-6-7-23-20(12-19)25(33-32-23)30-15-18-8-10-34(11-9-18)26(35)36-27(3,4)5/h6-7,12,18,24,31H,8-11,15H2,1-5H3,(H2,30,32,33). The summed E-state index contributed by atoms with van der Waals surface area (Å²) >= 11 is 0. The predicted molar refractivity (Wildman–Crippen MR) is 138 cm³/mol. The zero-order chi connectivity index (χ0) is 26.0. The first-order chi connectivity index (χ1) is 17.1. The number of ether oxygens (including phenoxy) is 1. The lowest BCUT2D eigenvalue weighted by Crippen LogP contribution is -2.42. The molecule has 1 fully saturated rings. The molecule has 0 saturated carbocycles. The fourth-order valence-corrected chi connectivity index (χ4v) is 4.86. The molecule has 0 radical (unpaired) electrons. The number of likely N-dealkylation sites (tertiary alicyclic amines) is 1. The number of amides is 1. The maximum absolute atomic E-state index is 12.3. The van der Waals surface area contributed by atoms with E-state index in [2.05, 4.69) is 33.0 Å².